The second-order valence-electron chi connectivity index (χ2n) is 4.91. The van der Waals surface area contributed by atoms with Crippen LogP contribution in [0.5, 0.6) is 0 Å². The molecule has 1 aromatic heterocycles. The van der Waals surface area contributed by atoms with E-state index in [1.54, 1.807) is 30.5 Å². The van der Waals surface area contributed by atoms with E-state index in [1.165, 1.54) is 6.26 Å². The minimum Gasteiger partial charge on any atom is -0.441 e. The van der Waals surface area contributed by atoms with Gasteiger partial charge in [-0.15, -0.1) is 0 Å². The molecule has 2 aromatic rings. The number of sulfone groups is 1. The van der Waals surface area contributed by atoms with Gasteiger partial charge in [-0.2, -0.15) is 0 Å². The lowest BCUT2D eigenvalue weighted by atomic mass is 10.2. The van der Waals surface area contributed by atoms with Gasteiger partial charge in [0.15, 0.2) is 21.5 Å². The second-order valence-corrected chi connectivity index (χ2v) is 6.93. The van der Waals surface area contributed by atoms with E-state index in [-0.39, 0.29) is 0 Å². The first-order valence-corrected chi connectivity index (χ1v) is 8.85. The van der Waals surface area contributed by atoms with Crippen molar-refractivity contribution in [3.05, 3.63) is 36.4 Å². The van der Waals surface area contributed by atoms with E-state index in [9.17, 15) is 8.42 Å². The lowest BCUT2D eigenvalue weighted by molar-refractivity contribution is 0.495. The van der Waals surface area contributed by atoms with Crippen molar-refractivity contribution >= 4 is 9.84 Å². The summed E-state index contributed by atoms with van der Waals surface area (Å²) in [7, 11) is -3.17. The van der Waals surface area contributed by atoms with Gasteiger partial charge in [-0.1, -0.05) is 6.92 Å². The van der Waals surface area contributed by atoms with Gasteiger partial charge in [0.1, 0.15) is 0 Å². The Hall–Kier alpha value is -1.66. The maximum atomic E-state index is 11.4. The van der Waals surface area contributed by atoms with Gasteiger partial charge in [0.2, 0.25) is 0 Å². The number of aromatic nitrogens is 1. The van der Waals surface area contributed by atoms with E-state index >= 15 is 0 Å². The highest BCUT2D eigenvalue weighted by Crippen LogP contribution is 2.22. The predicted molar refractivity (Wildman–Crippen MR) is 81.9 cm³/mol. The van der Waals surface area contributed by atoms with E-state index in [1.807, 2.05) is 0 Å². The molecule has 0 aliphatic carbocycles. The van der Waals surface area contributed by atoms with Crippen LogP contribution in [0.3, 0.4) is 0 Å². The fourth-order valence-corrected chi connectivity index (χ4v) is 2.55. The third-order valence-corrected chi connectivity index (χ3v) is 4.19. The second kappa shape index (κ2) is 6.87. The molecule has 0 unspecified atom stereocenters. The Kier molecular flexibility index (Phi) is 5.14. The van der Waals surface area contributed by atoms with Crippen LogP contribution >= 0.6 is 0 Å². The standard InChI is InChI=1S/C15H20N2O3S/c1-3-9-16-10-8-15-17-11-14(20-15)12-4-6-13(7-5-12)21(2,18)19/h4-7,11,16H,3,8-10H2,1-2H3. The molecule has 0 saturated heterocycles. The number of nitrogens with zero attached hydrogens (tertiary/aromatic N) is 1. The molecule has 0 bridgehead atoms. The van der Waals surface area contributed by atoms with Gasteiger partial charge in [0.25, 0.3) is 0 Å². The van der Waals surface area contributed by atoms with Crippen molar-refractivity contribution in [3.8, 4) is 11.3 Å². The summed E-state index contributed by atoms with van der Waals surface area (Å²) in [6.07, 6.45) is 4.70. The summed E-state index contributed by atoms with van der Waals surface area (Å²) in [6, 6.07) is 6.62. The Balaban J connectivity index is 2.04. The van der Waals surface area contributed by atoms with Crippen LogP contribution < -0.4 is 5.32 Å². The third-order valence-electron chi connectivity index (χ3n) is 3.06. The molecule has 114 valence electrons. The zero-order valence-corrected chi connectivity index (χ0v) is 13.1. The van der Waals surface area contributed by atoms with Crippen LogP contribution in [0.15, 0.2) is 39.8 Å². The number of rotatable bonds is 7. The van der Waals surface area contributed by atoms with E-state index in [0.29, 0.717) is 16.5 Å². The normalized spacial score (nSPS) is 11.7. The predicted octanol–water partition coefficient (Wildman–Crippen LogP) is 2.29. The Bertz CT molecular complexity index is 675. The summed E-state index contributed by atoms with van der Waals surface area (Å²) in [6.45, 7) is 3.94. The van der Waals surface area contributed by atoms with Crippen molar-refractivity contribution in [1.29, 1.82) is 0 Å². The van der Waals surface area contributed by atoms with Crippen molar-refractivity contribution in [3.63, 3.8) is 0 Å². The number of hydrogen-bond donors (Lipinski definition) is 1. The van der Waals surface area contributed by atoms with Crippen LogP contribution in [-0.2, 0) is 16.3 Å². The summed E-state index contributed by atoms with van der Waals surface area (Å²) in [5.41, 5.74) is 0.822. The molecule has 0 aliphatic heterocycles. The Morgan fingerprint density at radius 1 is 1.19 bits per heavy atom. The van der Waals surface area contributed by atoms with Crippen LogP contribution in [0, 0.1) is 0 Å². The molecule has 5 nitrogen and oxygen atoms in total. The monoisotopic (exact) mass is 308 g/mol. The molecular formula is C15H20N2O3S. The van der Waals surface area contributed by atoms with Gasteiger partial charge in [0, 0.05) is 24.8 Å². The van der Waals surface area contributed by atoms with Gasteiger partial charge in [-0.05, 0) is 37.2 Å². The molecule has 1 aromatic carbocycles. The Morgan fingerprint density at radius 2 is 1.90 bits per heavy atom. The van der Waals surface area contributed by atoms with Crippen LogP contribution in [0.4, 0.5) is 0 Å². The number of hydrogen-bond acceptors (Lipinski definition) is 5. The Labute approximate surface area is 125 Å². The number of nitrogens with one attached hydrogen (secondary N) is 1. The molecule has 0 saturated carbocycles. The summed E-state index contributed by atoms with van der Waals surface area (Å²) in [5.74, 6) is 1.33. The lowest BCUT2D eigenvalue weighted by Gasteiger charge is -2.01. The molecule has 2 rings (SSSR count). The average Bonchev–Trinajstić information content (AvgIpc) is 2.92. The highest BCUT2D eigenvalue weighted by atomic mass is 32.2. The van der Waals surface area contributed by atoms with Crippen molar-refractivity contribution < 1.29 is 12.8 Å². The van der Waals surface area contributed by atoms with Crippen LogP contribution in [0.25, 0.3) is 11.3 Å². The number of oxazole rings is 1. The van der Waals surface area contributed by atoms with Crippen molar-refractivity contribution in [2.45, 2.75) is 24.7 Å². The van der Waals surface area contributed by atoms with Gasteiger partial charge in [-0.25, -0.2) is 13.4 Å². The van der Waals surface area contributed by atoms with E-state index in [0.717, 1.165) is 31.5 Å². The van der Waals surface area contributed by atoms with E-state index in [4.69, 9.17) is 4.42 Å². The van der Waals surface area contributed by atoms with Crippen LogP contribution in [0.1, 0.15) is 19.2 Å². The third kappa shape index (κ3) is 4.41. The highest BCUT2D eigenvalue weighted by molar-refractivity contribution is 7.90. The topological polar surface area (TPSA) is 72.2 Å². The van der Waals surface area contributed by atoms with Gasteiger partial charge < -0.3 is 9.73 Å². The first-order chi connectivity index (χ1) is 10.0. The van der Waals surface area contributed by atoms with Gasteiger partial charge in [0.05, 0.1) is 11.1 Å². The molecule has 0 aliphatic rings. The fraction of sp³-hybridized carbons (Fsp3) is 0.400. The molecule has 1 heterocycles. The quantitative estimate of drug-likeness (QED) is 0.795. The summed E-state index contributed by atoms with van der Waals surface area (Å²) in [4.78, 5) is 4.54. The highest BCUT2D eigenvalue weighted by Gasteiger charge is 2.09. The molecule has 6 heteroatoms. The van der Waals surface area contributed by atoms with Crippen LogP contribution in [-0.4, -0.2) is 32.7 Å². The zero-order valence-electron chi connectivity index (χ0n) is 12.3. The summed E-state index contributed by atoms with van der Waals surface area (Å²) < 4.78 is 28.5. The Morgan fingerprint density at radius 3 is 2.52 bits per heavy atom. The van der Waals surface area contributed by atoms with Crippen molar-refractivity contribution in [2.24, 2.45) is 0 Å². The maximum absolute atomic E-state index is 11.4. The summed E-state index contributed by atoms with van der Waals surface area (Å²) in [5, 5.41) is 3.29. The smallest absolute Gasteiger partial charge is 0.196 e. The van der Waals surface area contributed by atoms with Crippen LogP contribution in [0.2, 0.25) is 0 Å². The summed E-state index contributed by atoms with van der Waals surface area (Å²) >= 11 is 0. The molecular weight excluding hydrogens is 288 g/mol. The molecule has 0 radical (unpaired) electrons. The largest absolute Gasteiger partial charge is 0.441 e. The minimum absolute atomic E-state index is 0.301. The number of benzene rings is 1. The minimum atomic E-state index is -3.17. The SMILES string of the molecule is CCCNCCc1ncc(-c2ccc(S(C)(=O)=O)cc2)o1. The molecule has 0 amide bonds. The average molecular weight is 308 g/mol. The molecule has 1 N–H and O–H groups in total. The molecule has 0 spiro atoms. The van der Waals surface area contributed by atoms with Crippen molar-refractivity contribution in [1.82, 2.24) is 10.3 Å². The van der Waals surface area contributed by atoms with E-state index in [2.05, 4.69) is 17.2 Å². The lowest BCUT2D eigenvalue weighted by Crippen LogP contribution is -2.17. The zero-order chi connectivity index (χ0) is 15.3. The van der Waals surface area contributed by atoms with Gasteiger partial charge >= 0.3 is 0 Å². The molecule has 0 fully saturated rings. The fourth-order valence-electron chi connectivity index (χ4n) is 1.92. The first-order valence-electron chi connectivity index (χ1n) is 6.96. The molecule has 0 atom stereocenters. The van der Waals surface area contributed by atoms with Gasteiger partial charge in [-0.3, -0.25) is 0 Å². The maximum Gasteiger partial charge on any atom is 0.196 e. The first kappa shape index (κ1) is 15.7. The van der Waals surface area contributed by atoms with Crippen molar-refractivity contribution in [2.75, 3.05) is 19.3 Å². The van der Waals surface area contributed by atoms with E-state index < -0.39 is 9.84 Å². The molecule has 21 heavy (non-hydrogen) atoms.